The van der Waals surface area contributed by atoms with Crippen molar-refractivity contribution in [1.82, 2.24) is 14.3 Å². The Bertz CT molecular complexity index is 1000. The summed E-state index contributed by atoms with van der Waals surface area (Å²) >= 11 is 0. The lowest BCUT2D eigenvalue weighted by atomic mass is 10.1. The van der Waals surface area contributed by atoms with Crippen molar-refractivity contribution in [2.75, 3.05) is 18.4 Å². The number of imidazole rings is 1. The zero-order valence-corrected chi connectivity index (χ0v) is 16.0. The number of hydrogen-bond donors (Lipinski definition) is 1. The van der Waals surface area contributed by atoms with Crippen LogP contribution in [0.2, 0.25) is 0 Å². The van der Waals surface area contributed by atoms with Gasteiger partial charge in [0.25, 0.3) is 11.8 Å². The van der Waals surface area contributed by atoms with Crippen LogP contribution in [0.5, 0.6) is 0 Å². The van der Waals surface area contributed by atoms with E-state index in [1.807, 2.05) is 47.4 Å². The molecule has 2 aromatic heterocycles. The number of aromatic nitrogens is 2. The Balaban J connectivity index is 1.65. The number of benzene rings is 1. The number of anilines is 1. The highest BCUT2D eigenvalue weighted by atomic mass is 16.2. The second-order valence-electron chi connectivity index (χ2n) is 7.10. The number of aryl methyl sites for hydroxylation is 1. The quantitative estimate of drug-likeness (QED) is 0.754. The van der Waals surface area contributed by atoms with Crippen LogP contribution < -0.4 is 5.32 Å². The predicted octanol–water partition coefficient (Wildman–Crippen LogP) is 3.78. The molecule has 0 atom stereocenters. The van der Waals surface area contributed by atoms with Gasteiger partial charge in [0.05, 0.1) is 5.52 Å². The van der Waals surface area contributed by atoms with E-state index in [-0.39, 0.29) is 17.5 Å². The fourth-order valence-corrected chi connectivity index (χ4v) is 3.61. The van der Waals surface area contributed by atoms with E-state index in [1.165, 1.54) is 5.56 Å². The lowest BCUT2D eigenvalue weighted by Gasteiger charge is -2.25. The van der Waals surface area contributed by atoms with Crippen LogP contribution in [0.3, 0.4) is 0 Å². The highest BCUT2D eigenvalue weighted by Gasteiger charge is 2.26. The summed E-state index contributed by atoms with van der Waals surface area (Å²) in [5, 5.41) is 2.89. The first-order valence-electron chi connectivity index (χ1n) is 9.84. The molecule has 1 saturated heterocycles. The topological polar surface area (TPSA) is 66.7 Å². The molecule has 1 aromatic carbocycles. The Labute approximate surface area is 164 Å². The van der Waals surface area contributed by atoms with E-state index in [0.29, 0.717) is 17.0 Å². The molecule has 28 heavy (non-hydrogen) atoms. The minimum atomic E-state index is -0.314. The summed E-state index contributed by atoms with van der Waals surface area (Å²) in [6.07, 6.45) is 5.90. The van der Waals surface area contributed by atoms with Crippen LogP contribution in [0, 0.1) is 0 Å². The van der Waals surface area contributed by atoms with Crippen LogP contribution in [-0.4, -0.2) is 39.2 Å². The minimum Gasteiger partial charge on any atom is -0.336 e. The molecule has 6 heteroatoms. The van der Waals surface area contributed by atoms with Crippen LogP contribution in [0.15, 0.2) is 48.7 Å². The molecule has 1 aliphatic rings. The number of nitrogens with one attached hydrogen (secondary N) is 1. The summed E-state index contributed by atoms with van der Waals surface area (Å²) in [5.74, 6) is -0.137. The Morgan fingerprint density at radius 1 is 1.04 bits per heavy atom. The maximum atomic E-state index is 13.0. The Hall–Kier alpha value is -3.15. The Kier molecular flexibility index (Phi) is 5.10. The van der Waals surface area contributed by atoms with Crippen molar-refractivity contribution < 1.29 is 9.59 Å². The third-order valence-electron chi connectivity index (χ3n) is 5.22. The molecule has 1 N–H and O–H groups in total. The zero-order valence-electron chi connectivity index (χ0n) is 16.0. The summed E-state index contributed by atoms with van der Waals surface area (Å²) in [6, 6.07) is 13.3. The van der Waals surface area contributed by atoms with E-state index in [0.717, 1.165) is 38.8 Å². The maximum Gasteiger partial charge on any atom is 0.290 e. The maximum absolute atomic E-state index is 13.0. The number of nitrogens with zero attached hydrogens (tertiary/aromatic N) is 3. The molecule has 3 aromatic rings. The van der Waals surface area contributed by atoms with Gasteiger partial charge in [-0.1, -0.05) is 25.1 Å². The van der Waals surface area contributed by atoms with Gasteiger partial charge in [-0.05, 0) is 55.5 Å². The van der Waals surface area contributed by atoms with Crippen molar-refractivity contribution in [3.05, 3.63) is 65.7 Å². The number of fused-ring (bicyclic) bond motifs is 1. The summed E-state index contributed by atoms with van der Waals surface area (Å²) in [4.78, 5) is 32.2. The van der Waals surface area contributed by atoms with Gasteiger partial charge < -0.3 is 10.2 Å². The fourth-order valence-electron chi connectivity index (χ4n) is 3.61. The number of pyridine rings is 1. The van der Waals surface area contributed by atoms with E-state index in [9.17, 15) is 9.59 Å². The van der Waals surface area contributed by atoms with Gasteiger partial charge in [0, 0.05) is 25.0 Å². The van der Waals surface area contributed by atoms with Crippen LogP contribution >= 0.6 is 0 Å². The fraction of sp³-hybridized carbons (Fsp3) is 0.318. The molecule has 2 amide bonds. The van der Waals surface area contributed by atoms with Crippen molar-refractivity contribution in [2.45, 2.75) is 32.6 Å². The van der Waals surface area contributed by atoms with Gasteiger partial charge in [-0.3, -0.25) is 14.0 Å². The van der Waals surface area contributed by atoms with Gasteiger partial charge >= 0.3 is 0 Å². The highest BCUT2D eigenvalue weighted by molar-refractivity contribution is 6.08. The molecular formula is C22H24N4O2. The lowest BCUT2D eigenvalue weighted by molar-refractivity contribution is 0.0711. The molecule has 1 fully saturated rings. The van der Waals surface area contributed by atoms with Gasteiger partial charge in [0.2, 0.25) is 5.82 Å². The predicted molar refractivity (Wildman–Crippen MR) is 109 cm³/mol. The summed E-state index contributed by atoms with van der Waals surface area (Å²) in [5.41, 5.74) is 2.81. The molecule has 6 nitrogen and oxygen atoms in total. The number of likely N-dealkylation sites (tertiary alicyclic amines) is 1. The van der Waals surface area contributed by atoms with Gasteiger partial charge in [-0.25, -0.2) is 4.98 Å². The summed E-state index contributed by atoms with van der Waals surface area (Å²) in [6.45, 7) is 3.57. The Morgan fingerprint density at radius 3 is 2.50 bits per heavy atom. The molecule has 144 valence electrons. The monoisotopic (exact) mass is 376 g/mol. The van der Waals surface area contributed by atoms with E-state index in [4.69, 9.17) is 0 Å². The van der Waals surface area contributed by atoms with Gasteiger partial charge in [-0.2, -0.15) is 0 Å². The van der Waals surface area contributed by atoms with Crippen LogP contribution in [0.1, 0.15) is 52.9 Å². The molecule has 0 bridgehead atoms. The van der Waals surface area contributed by atoms with Crippen LogP contribution in [0.4, 0.5) is 5.69 Å². The standard InChI is InChI=1S/C22H24N4O2/c1-2-16-9-11-17(12-10-16)23-21(27)19-18-8-4-7-15-26(18)20(24-19)22(28)25-13-5-3-6-14-25/h4,7-12,15H,2-3,5-6,13-14H2,1H3,(H,23,27). The van der Waals surface area contributed by atoms with Crippen molar-refractivity contribution in [1.29, 1.82) is 0 Å². The highest BCUT2D eigenvalue weighted by Crippen LogP contribution is 2.19. The number of hydrogen-bond acceptors (Lipinski definition) is 3. The Morgan fingerprint density at radius 2 is 1.79 bits per heavy atom. The minimum absolute atomic E-state index is 0.118. The number of amides is 2. The third-order valence-corrected chi connectivity index (χ3v) is 5.22. The lowest BCUT2D eigenvalue weighted by Crippen LogP contribution is -2.36. The summed E-state index contributed by atoms with van der Waals surface area (Å²) < 4.78 is 1.71. The van der Waals surface area contributed by atoms with E-state index >= 15 is 0 Å². The van der Waals surface area contributed by atoms with E-state index in [2.05, 4.69) is 17.2 Å². The summed E-state index contributed by atoms with van der Waals surface area (Å²) in [7, 11) is 0. The molecule has 0 radical (unpaired) electrons. The van der Waals surface area contributed by atoms with Crippen molar-refractivity contribution in [3.63, 3.8) is 0 Å². The van der Waals surface area contributed by atoms with Crippen molar-refractivity contribution in [3.8, 4) is 0 Å². The third kappa shape index (κ3) is 3.50. The molecule has 0 unspecified atom stereocenters. The van der Waals surface area contributed by atoms with Gasteiger partial charge in [0.1, 0.15) is 0 Å². The van der Waals surface area contributed by atoms with E-state index in [1.54, 1.807) is 10.6 Å². The normalized spacial score (nSPS) is 14.2. The molecule has 0 spiro atoms. The second kappa shape index (κ2) is 7.84. The number of carbonyl (C=O) groups is 2. The first kappa shape index (κ1) is 18.2. The number of piperidine rings is 1. The van der Waals surface area contributed by atoms with Crippen LogP contribution in [0.25, 0.3) is 5.52 Å². The van der Waals surface area contributed by atoms with Gasteiger partial charge in [-0.15, -0.1) is 0 Å². The van der Waals surface area contributed by atoms with Crippen molar-refractivity contribution in [2.24, 2.45) is 0 Å². The molecule has 0 saturated carbocycles. The molecule has 4 rings (SSSR count). The number of rotatable bonds is 4. The first-order valence-corrected chi connectivity index (χ1v) is 9.84. The first-order chi connectivity index (χ1) is 13.7. The zero-order chi connectivity index (χ0) is 19.5. The molecule has 3 heterocycles. The smallest absolute Gasteiger partial charge is 0.290 e. The number of carbonyl (C=O) groups excluding carboxylic acids is 2. The molecule has 1 aliphatic heterocycles. The van der Waals surface area contributed by atoms with Gasteiger partial charge in [0.15, 0.2) is 5.69 Å². The van der Waals surface area contributed by atoms with Crippen LogP contribution in [-0.2, 0) is 6.42 Å². The van der Waals surface area contributed by atoms with E-state index < -0.39 is 0 Å². The molecular weight excluding hydrogens is 352 g/mol. The molecule has 0 aliphatic carbocycles. The van der Waals surface area contributed by atoms with Crippen molar-refractivity contribution >= 4 is 23.0 Å². The SMILES string of the molecule is CCc1ccc(NC(=O)c2nc(C(=O)N3CCCCC3)n3ccccc23)cc1. The average Bonchev–Trinajstić information content (AvgIpc) is 3.14. The average molecular weight is 376 g/mol. The second-order valence-corrected chi connectivity index (χ2v) is 7.10. The largest absolute Gasteiger partial charge is 0.336 e.